The van der Waals surface area contributed by atoms with E-state index < -0.39 is 0 Å². The first-order valence-electron chi connectivity index (χ1n) is 8.15. The van der Waals surface area contributed by atoms with Crippen LogP contribution in [0.25, 0.3) is 10.2 Å². The number of fused-ring (bicyclic) bond motifs is 1. The van der Waals surface area contributed by atoms with Crippen molar-refractivity contribution >= 4 is 33.3 Å². The van der Waals surface area contributed by atoms with Gasteiger partial charge in [0.15, 0.2) is 5.16 Å². The molecule has 0 atom stereocenters. The van der Waals surface area contributed by atoms with Gasteiger partial charge in [0.25, 0.3) is 5.56 Å². The van der Waals surface area contributed by atoms with E-state index in [0.29, 0.717) is 15.4 Å². The van der Waals surface area contributed by atoms with Crippen LogP contribution in [-0.2, 0) is 7.05 Å². The van der Waals surface area contributed by atoms with Crippen molar-refractivity contribution in [3.63, 3.8) is 0 Å². The lowest BCUT2D eigenvalue weighted by atomic mass is 10.0. The fourth-order valence-corrected chi connectivity index (χ4v) is 4.79. The van der Waals surface area contributed by atoms with Crippen LogP contribution in [0.3, 0.4) is 0 Å². The molecule has 0 aliphatic carbocycles. The summed E-state index contributed by atoms with van der Waals surface area (Å²) in [5, 5.41) is 2.72. The number of nitrogens with zero attached hydrogens (tertiary/aromatic N) is 2. The number of hydrogen-bond donors (Lipinski definition) is 0. The molecule has 7 heteroatoms. The highest BCUT2D eigenvalue weighted by atomic mass is 32.2. The highest BCUT2D eigenvalue weighted by molar-refractivity contribution is 7.99. The van der Waals surface area contributed by atoms with Crippen LogP contribution in [0.1, 0.15) is 16.4 Å². The lowest BCUT2D eigenvalue weighted by molar-refractivity contribution is 0.626. The molecular weight excluding hydrogens is 386 g/mol. The largest absolute Gasteiger partial charge is 0.290 e. The number of thiophene rings is 1. The van der Waals surface area contributed by atoms with Crippen molar-refractivity contribution in [2.75, 3.05) is 0 Å². The number of thioether (sulfide) groups is 1. The van der Waals surface area contributed by atoms with Crippen LogP contribution in [-0.4, -0.2) is 9.55 Å². The normalized spacial score (nSPS) is 11.4. The molecule has 0 fully saturated rings. The predicted octanol–water partition coefficient (Wildman–Crippen LogP) is 5.15. The van der Waals surface area contributed by atoms with Crippen molar-refractivity contribution in [1.29, 1.82) is 0 Å². The minimum Gasteiger partial charge on any atom is -0.290 e. The van der Waals surface area contributed by atoms with E-state index in [4.69, 9.17) is 0 Å². The predicted molar refractivity (Wildman–Crippen MR) is 105 cm³/mol. The van der Waals surface area contributed by atoms with Gasteiger partial charge in [-0.05, 0) is 46.8 Å². The average molecular weight is 400 g/mol. The van der Waals surface area contributed by atoms with Crippen molar-refractivity contribution in [2.24, 2.45) is 7.05 Å². The van der Waals surface area contributed by atoms with E-state index >= 15 is 0 Å². The average Bonchev–Trinajstić information content (AvgIpc) is 3.14. The molecule has 0 bridgehead atoms. The molecule has 0 N–H and O–H groups in total. The van der Waals surface area contributed by atoms with Gasteiger partial charge in [0.1, 0.15) is 16.5 Å². The van der Waals surface area contributed by atoms with Crippen molar-refractivity contribution in [3.8, 4) is 0 Å². The van der Waals surface area contributed by atoms with Gasteiger partial charge in [-0.25, -0.2) is 13.8 Å². The monoisotopic (exact) mass is 400 g/mol. The first-order valence-corrected chi connectivity index (χ1v) is 9.90. The molecule has 3 nitrogen and oxygen atoms in total. The summed E-state index contributed by atoms with van der Waals surface area (Å²) in [6.07, 6.45) is 0. The van der Waals surface area contributed by atoms with Crippen LogP contribution >= 0.6 is 23.1 Å². The second-order valence-corrected chi connectivity index (χ2v) is 7.97. The van der Waals surface area contributed by atoms with E-state index in [1.165, 1.54) is 51.9 Å². The quantitative estimate of drug-likeness (QED) is 0.351. The van der Waals surface area contributed by atoms with E-state index in [0.717, 1.165) is 11.1 Å². The van der Waals surface area contributed by atoms with Gasteiger partial charge in [-0.15, -0.1) is 11.3 Å². The number of halogens is 2. The second kappa shape index (κ2) is 7.25. The van der Waals surface area contributed by atoms with Gasteiger partial charge < -0.3 is 0 Å². The third kappa shape index (κ3) is 3.52. The first-order chi connectivity index (χ1) is 13.0. The molecule has 0 aliphatic heterocycles. The van der Waals surface area contributed by atoms with Crippen LogP contribution < -0.4 is 5.56 Å². The van der Waals surface area contributed by atoms with Crippen LogP contribution in [0.15, 0.2) is 69.9 Å². The molecule has 0 amide bonds. The topological polar surface area (TPSA) is 34.9 Å². The Morgan fingerprint density at radius 3 is 2.07 bits per heavy atom. The number of benzene rings is 2. The molecule has 0 saturated heterocycles. The molecule has 0 unspecified atom stereocenters. The maximum atomic E-state index is 13.4. The Bertz CT molecular complexity index is 1110. The molecule has 2 heterocycles. The van der Waals surface area contributed by atoms with E-state index in [2.05, 4.69) is 4.98 Å². The van der Waals surface area contributed by atoms with Gasteiger partial charge in [0, 0.05) is 7.05 Å². The minimum absolute atomic E-state index is 0.110. The van der Waals surface area contributed by atoms with Gasteiger partial charge in [0.2, 0.25) is 0 Å². The van der Waals surface area contributed by atoms with Crippen LogP contribution in [0.4, 0.5) is 8.78 Å². The number of hydrogen-bond acceptors (Lipinski definition) is 4. The Kier molecular flexibility index (Phi) is 4.80. The zero-order valence-electron chi connectivity index (χ0n) is 14.2. The second-order valence-electron chi connectivity index (χ2n) is 6.00. The van der Waals surface area contributed by atoms with E-state index in [-0.39, 0.29) is 22.4 Å². The summed E-state index contributed by atoms with van der Waals surface area (Å²) in [5.41, 5.74) is 1.57. The molecule has 0 spiro atoms. The number of aromatic nitrogens is 2. The standard InChI is InChI=1S/C20H14F2N2OS2/c1-24-19(25)16-10-11-26-18(16)23-20(24)27-17(12-2-6-14(21)7-3-12)13-4-8-15(22)9-5-13/h2-11,17H,1H3. The van der Waals surface area contributed by atoms with Gasteiger partial charge in [-0.2, -0.15) is 0 Å². The molecular formula is C20H14F2N2OS2. The molecule has 4 rings (SSSR count). The third-order valence-corrected chi connectivity index (χ3v) is 6.40. The molecule has 0 aliphatic rings. The maximum Gasteiger partial charge on any atom is 0.262 e. The summed E-state index contributed by atoms with van der Waals surface area (Å²) in [6.45, 7) is 0. The van der Waals surface area contributed by atoms with Gasteiger partial charge in [0.05, 0.1) is 10.6 Å². The first kappa shape index (κ1) is 17.9. The SMILES string of the molecule is Cn1c(SC(c2ccc(F)cc2)c2ccc(F)cc2)nc2sccc2c1=O. The van der Waals surface area contributed by atoms with E-state index in [9.17, 15) is 13.6 Å². The van der Waals surface area contributed by atoms with Crippen molar-refractivity contribution < 1.29 is 8.78 Å². The van der Waals surface area contributed by atoms with Gasteiger partial charge in [-0.3, -0.25) is 9.36 Å². The summed E-state index contributed by atoms with van der Waals surface area (Å²) in [7, 11) is 1.68. The van der Waals surface area contributed by atoms with Crippen LogP contribution in [0.5, 0.6) is 0 Å². The molecule has 2 aromatic carbocycles. The maximum absolute atomic E-state index is 13.4. The Morgan fingerprint density at radius 1 is 0.963 bits per heavy atom. The number of rotatable bonds is 4. The van der Waals surface area contributed by atoms with Crippen LogP contribution in [0.2, 0.25) is 0 Å². The smallest absolute Gasteiger partial charge is 0.262 e. The lowest BCUT2D eigenvalue weighted by Crippen LogP contribution is -2.19. The van der Waals surface area contributed by atoms with E-state index in [1.807, 2.05) is 5.38 Å². The Balaban J connectivity index is 1.82. The van der Waals surface area contributed by atoms with Crippen molar-refractivity contribution in [2.45, 2.75) is 10.4 Å². The molecule has 136 valence electrons. The van der Waals surface area contributed by atoms with Gasteiger partial charge >= 0.3 is 0 Å². The fourth-order valence-electron chi connectivity index (χ4n) is 2.79. The minimum atomic E-state index is -0.327. The molecule has 0 saturated carbocycles. The zero-order valence-corrected chi connectivity index (χ0v) is 15.9. The van der Waals surface area contributed by atoms with E-state index in [1.54, 1.807) is 37.4 Å². The van der Waals surface area contributed by atoms with Crippen LogP contribution in [0, 0.1) is 11.6 Å². The summed E-state index contributed by atoms with van der Waals surface area (Å²) in [4.78, 5) is 17.9. The van der Waals surface area contributed by atoms with Crippen molar-refractivity contribution in [1.82, 2.24) is 9.55 Å². The molecule has 27 heavy (non-hydrogen) atoms. The molecule has 0 radical (unpaired) electrons. The summed E-state index contributed by atoms with van der Waals surface area (Å²) >= 11 is 2.79. The van der Waals surface area contributed by atoms with Gasteiger partial charge in [-0.1, -0.05) is 36.0 Å². The Hall–Kier alpha value is -2.51. The summed E-state index contributed by atoms with van der Waals surface area (Å²) < 4.78 is 28.3. The molecule has 4 aromatic rings. The third-order valence-electron chi connectivity index (χ3n) is 4.23. The zero-order chi connectivity index (χ0) is 19.0. The lowest BCUT2D eigenvalue weighted by Gasteiger charge is -2.18. The fraction of sp³-hybridized carbons (Fsp3) is 0.100. The Morgan fingerprint density at radius 2 is 1.52 bits per heavy atom. The molecule has 2 aromatic heterocycles. The Labute approximate surface area is 162 Å². The van der Waals surface area contributed by atoms with Crippen molar-refractivity contribution in [3.05, 3.63) is 93.1 Å². The summed E-state index contributed by atoms with van der Waals surface area (Å²) in [6, 6.07) is 14.1. The summed E-state index contributed by atoms with van der Waals surface area (Å²) in [5.74, 6) is -0.653. The highest BCUT2D eigenvalue weighted by Gasteiger charge is 2.20. The highest BCUT2D eigenvalue weighted by Crippen LogP contribution is 2.39.